The van der Waals surface area contributed by atoms with Gasteiger partial charge in [-0.05, 0) is 12.8 Å². The largest absolute Gasteiger partial charge is 0.376 e. The zero-order valence-corrected chi connectivity index (χ0v) is 10.8. The van der Waals surface area contributed by atoms with Crippen LogP contribution < -0.4 is 10.6 Å². The van der Waals surface area contributed by atoms with Crippen molar-refractivity contribution in [3.05, 3.63) is 0 Å². The summed E-state index contributed by atoms with van der Waals surface area (Å²) < 4.78 is 5.38. The van der Waals surface area contributed by atoms with Crippen LogP contribution in [0.3, 0.4) is 0 Å². The number of carbonyl (C=O) groups excluding carboxylic acids is 2. The second-order valence-corrected chi connectivity index (χ2v) is 5.37. The molecular weight excluding hydrogens is 220 g/mol. The molecule has 0 aliphatic carbocycles. The van der Waals surface area contributed by atoms with Crippen LogP contribution in [0.5, 0.6) is 0 Å². The molecule has 1 rings (SSSR count). The molecule has 0 spiro atoms. The normalized spacial score (nSPS) is 20.1. The molecule has 0 radical (unpaired) electrons. The Morgan fingerprint density at radius 1 is 1.29 bits per heavy atom. The van der Waals surface area contributed by atoms with Gasteiger partial charge in [0.15, 0.2) is 0 Å². The summed E-state index contributed by atoms with van der Waals surface area (Å²) in [7, 11) is 0. The Morgan fingerprint density at radius 3 is 2.53 bits per heavy atom. The number of carbonyl (C=O) groups is 2. The van der Waals surface area contributed by atoms with E-state index in [-0.39, 0.29) is 24.5 Å². The summed E-state index contributed by atoms with van der Waals surface area (Å²) >= 11 is 0. The smallest absolute Gasteiger partial charge is 0.239 e. The van der Waals surface area contributed by atoms with Crippen molar-refractivity contribution in [2.24, 2.45) is 5.41 Å². The highest BCUT2D eigenvalue weighted by atomic mass is 16.5. The van der Waals surface area contributed by atoms with Gasteiger partial charge in [-0.1, -0.05) is 20.8 Å². The van der Waals surface area contributed by atoms with Crippen molar-refractivity contribution in [3.8, 4) is 0 Å². The first-order valence-corrected chi connectivity index (χ1v) is 6.06. The highest BCUT2D eigenvalue weighted by Gasteiger charge is 2.21. The Labute approximate surface area is 102 Å². The third-order valence-corrected chi connectivity index (χ3v) is 2.64. The summed E-state index contributed by atoms with van der Waals surface area (Å²) in [5.41, 5.74) is -0.463. The maximum Gasteiger partial charge on any atom is 0.239 e. The van der Waals surface area contributed by atoms with Gasteiger partial charge >= 0.3 is 0 Å². The molecule has 2 N–H and O–H groups in total. The first-order chi connectivity index (χ1) is 7.89. The van der Waals surface area contributed by atoms with Crippen LogP contribution in [0.2, 0.25) is 0 Å². The molecule has 0 aromatic rings. The number of nitrogens with one attached hydrogen (secondary N) is 2. The highest BCUT2D eigenvalue weighted by Crippen LogP contribution is 2.12. The summed E-state index contributed by atoms with van der Waals surface area (Å²) in [5, 5.41) is 5.36. The van der Waals surface area contributed by atoms with Crippen molar-refractivity contribution in [2.75, 3.05) is 19.7 Å². The van der Waals surface area contributed by atoms with E-state index in [4.69, 9.17) is 4.74 Å². The average Bonchev–Trinajstić information content (AvgIpc) is 2.74. The number of ether oxygens (including phenoxy) is 1. The van der Waals surface area contributed by atoms with Gasteiger partial charge in [0.25, 0.3) is 0 Å². The van der Waals surface area contributed by atoms with Crippen LogP contribution in [0.25, 0.3) is 0 Å². The van der Waals surface area contributed by atoms with Crippen molar-refractivity contribution in [1.82, 2.24) is 10.6 Å². The van der Waals surface area contributed by atoms with Crippen molar-refractivity contribution in [3.63, 3.8) is 0 Å². The third-order valence-electron chi connectivity index (χ3n) is 2.64. The lowest BCUT2D eigenvalue weighted by Crippen LogP contribution is -2.43. The van der Waals surface area contributed by atoms with Gasteiger partial charge in [0, 0.05) is 18.6 Å². The zero-order valence-electron chi connectivity index (χ0n) is 10.8. The van der Waals surface area contributed by atoms with Crippen LogP contribution in [0.4, 0.5) is 0 Å². The molecule has 2 amide bonds. The van der Waals surface area contributed by atoms with Crippen LogP contribution in [-0.2, 0) is 14.3 Å². The molecule has 0 aromatic carbocycles. The number of hydrogen-bond donors (Lipinski definition) is 2. The molecule has 5 heteroatoms. The molecule has 0 aromatic heterocycles. The van der Waals surface area contributed by atoms with Gasteiger partial charge in [0.1, 0.15) is 0 Å². The molecular formula is C12H22N2O3. The van der Waals surface area contributed by atoms with E-state index < -0.39 is 5.41 Å². The lowest BCUT2D eigenvalue weighted by Gasteiger charge is -2.17. The van der Waals surface area contributed by atoms with Crippen LogP contribution in [-0.4, -0.2) is 37.6 Å². The molecule has 1 aliphatic heterocycles. The summed E-state index contributed by atoms with van der Waals surface area (Å²) in [5.74, 6) is -0.289. The quantitative estimate of drug-likeness (QED) is 0.752. The van der Waals surface area contributed by atoms with Gasteiger partial charge in [-0.3, -0.25) is 9.59 Å². The molecule has 0 bridgehead atoms. The number of amides is 2. The summed E-state index contributed by atoms with van der Waals surface area (Å²) in [6.45, 7) is 6.78. The standard InChI is InChI=1S/C12H22N2O3/c1-12(2,3)11(16)14-8-10(15)13-7-9-5-4-6-17-9/h9H,4-8H2,1-3H3,(H,13,15)(H,14,16). The van der Waals surface area contributed by atoms with E-state index in [0.717, 1.165) is 19.4 Å². The van der Waals surface area contributed by atoms with E-state index in [9.17, 15) is 9.59 Å². The molecule has 5 nitrogen and oxygen atoms in total. The lowest BCUT2D eigenvalue weighted by atomic mass is 9.96. The van der Waals surface area contributed by atoms with Crippen LogP contribution in [0.15, 0.2) is 0 Å². The van der Waals surface area contributed by atoms with Crippen LogP contribution in [0, 0.1) is 5.41 Å². The monoisotopic (exact) mass is 242 g/mol. The van der Waals surface area contributed by atoms with Crippen molar-refractivity contribution in [1.29, 1.82) is 0 Å². The summed E-state index contributed by atoms with van der Waals surface area (Å²) in [6.07, 6.45) is 2.19. The van der Waals surface area contributed by atoms with Gasteiger partial charge in [0.05, 0.1) is 12.6 Å². The van der Waals surface area contributed by atoms with Crippen LogP contribution >= 0.6 is 0 Å². The predicted octanol–water partition coefficient (Wildman–Crippen LogP) is 0.444. The fraction of sp³-hybridized carbons (Fsp3) is 0.833. The SMILES string of the molecule is CC(C)(C)C(=O)NCC(=O)NCC1CCCO1. The molecule has 98 valence electrons. The van der Waals surface area contributed by atoms with E-state index in [2.05, 4.69) is 10.6 Å². The molecule has 17 heavy (non-hydrogen) atoms. The highest BCUT2D eigenvalue weighted by molar-refractivity contribution is 5.87. The molecule has 1 heterocycles. The summed E-state index contributed by atoms with van der Waals surface area (Å²) in [6, 6.07) is 0. The second-order valence-electron chi connectivity index (χ2n) is 5.37. The Hall–Kier alpha value is -1.10. The van der Waals surface area contributed by atoms with Crippen molar-refractivity contribution < 1.29 is 14.3 Å². The average molecular weight is 242 g/mol. The van der Waals surface area contributed by atoms with E-state index in [1.54, 1.807) is 0 Å². The maximum absolute atomic E-state index is 11.5. The maximum atomic E-state index is 11.5. The first-order valence-electron chi connectivity index (χ1n) is 6.06. The molecule has 1 unspecified atom stereocenters. The van der Waals surface area contributed by atoms with Gasteiger partial charge in [-0.15, -0.1) is 0 Å². The first kappa shape index (κ1) is 14.0. The van der Waals surface area contributed by atoms with Gasteiger partial charge < -0.3 is 15.4 Å². The molecule has 1 aliphatic rings. The molecule has 1 fully saturated rings. The number of rotatable bonds is 4. The van der Waals surface area contributed by atoms with Crippen LogP contribution in [0.1, 0.15) is 33.6 Å². The topological polar surface area (TPSA) is 67.4 Å². The molecule has 1 saturated heterocycles. The fourth-order valence-corrected chi connectivity index (χ4v) is 1.52. The predicted molar refractivity (Wildman–Crippen MR) is 64.4 cm³/mol. The van der Waals surface area contributed by atoms with E-state index in [0.29, 0.717) is 6.54 Å². The second kappa shape index (κ2) is 6.00. The minimum Gasteiger partial charge on any atom is -0.376 e. The van der Waals surface area contributed by atoms with E-state index in [1.165, 1.54) is 0 Å². The Bertz CT molecular complexity index is 278. The Balaban J connectivity index is 2.14. The molecule has 0 saturated carbocycles. The van der Waals surface area contributed by atoms with E-state index >= 15 is 0 Å². The van der Waals surface area contributed by atoms with Crippen molar-refractivity contribution in [2.45, 2.75) is 39.7 Å². The minimum atomic E-state index is -0.463. The summed E-state index contributed by atoms with van der Waals surface area (Å²) in [4.78, 5) is 23.0. The van der Waals surface area contributed by atoms with E-state index in [1.807, 2.05) is 20.8 Å². The van der Waals surface area contributed by atoms with Gasteiger partial charge in [-0.2, -0.15) is 0 Å². The fourth-order valence-electron chi connectivity index (χ4n) is 1.52. The number of hydrogen-bond acceptors (Lipinski definition) is 3. The van der Waals surface area contributed by atoms with Gasteiger partial charge in [-0.25, -0.2) is 0 Å². The van der Waals surface area contributed by atoms with Gasteiger partial charge in [0.2, 0.25) is 11.8 Å². The lowest BCUT2D eigenvalue weighted by molar-refractivity contribution is -0.131. The Morgan fingerprint density at radius 2 is 2.00 bits per heavy atom. The molecule has 1 atom stereocenters. The van der Waals surface area contributed by atoms with Crippen molar-refractivity contribution >= 4 is 11.8 Å². The third kappa shape index (κ3) is 5.17. The minimum absolute atomic E-state index is 0.0306. The Kier molecular flexibility index (Phi) is 4.93. The zero-order chi connectivity index (χ0) is 12.9.